The second-order valence-corrected chi connectivity index (χ2v) is 5.94. The van der Waals surface area contributed by atoms with E-state index in [-0.39, 0.29) is 17.7 Å². The Bertz CT molecular complexity index is 682. The molecule has 0 N–H and O–H groups in total. The number of aryl methyl sites for hydroxylation is 1. The molecule has 0 spiro atoms. The molecular formula is C16H18N2O3S. The predicted molar refractivity (Wildman–Crippen MR) is 87.3 cm³/mol. The summed E-state index contributed by atoms with van der Waals surface area (Å²) < 4.78 is 7.23. The summed E-state index contributed by atoms with van der Waals surface area (Å²) in [5, 5.41) is -0.317. The molecule has 6 heteroatoms. The van der Waals surface area contributed by atoms with Crippen LogP contribution >= 0.6 is 11.8 Å². The molecule has 116 valence electrons. The fraction of sp³-hybridized carbons (Fsp3) is 0.375. The van der Waals surface area contributed by atoms with Crippen LogP contribution < -0.4 is 0 Å². The van der Waals surface area contributed by atoms with E-state index in [0.717, 1.165) is 40.2 Å². The molecule has 5 nitrogen and oxygen atoms in total. The first-order valence-electron chi connectivity index (χ1n) is 6.84. The Morgan fingerprint density at radius 2 is 2.14 bits per heavy atom. The summed E-state index contributed by atoms with van der Waals surface area (Å²) in [7, 11) is 1.66. The highest BCUT2D eigenvalue weighted by Crippen LogP contribution is 2.32. The molecule has 0 radical (unpaired) electrons. The van der Waals surface area contributed by atoms with E-state index < -0.39 is 0 Å². The van der Waals surface area contributed by atoms with Gasteiger partial charge in [0.05, 0.1) is 18.1 Å². The maximum Gasteiger partial charge on any atom is 0.294 e. The molecule has 1 aliphatic heterocycles. The van der Waals surface area contributed by atoms with Crippen LogP contribution in [0.4, 0.5) is 4.79 Å². The van der Waals surface area contributed by atoms with Gasteiger partial charge >= 0.3 is 0 Å². The minimum Gasteiger partial charge on any atom is -0.383 e. The van der Waals surface area contributed by atoms with Gasteiger partial charge in [0.25, 0.3) is 11.1 Å². The maximum absolute atomic E-state index is 12.2. The molecule has 22 heavy (non-hydrogen) atoms. The molecule has 1 aromatic rings. The van der Waals surface area contributed by atoms with Gasteiger partial charge in [-0.2, -0.15) is 0 Å². The number of imide groups is 1. The van der Waals surface area contributed by atoms with Crippen molar-refractivity contribution >= 4 is 29.0 Å². The molecule has 0 aliphatic carbocycles. The second kappa shape index (κ2) is 6.86. The van der Waals surface area contributed by atoms with Gasteiger partial charge in [-0.1, -0.05) is 5.92 Å². The Morgan fingerprint density at radius 3 is 2.77 bits per heavy atom. The number of aromatic nitrogens is 1. The first-order valence-corrected chi connectivity index (χ1v) is 7.65. The lowest BCUT2D eigenvalue weighted by molar-refractivity contribution is -0.122. The lowest BCUT2D eigenvalue weighted by Crippen LogP contribution is -2.28. The third-order valence-corrected chi connectivity index (χ3v) is 4.45. The molecule has 1 aliphatic rings. The molecule has 2 amide bonds. The largest absolute Gasteiger partial charge is 0.383 e. The number of terminal acetylenes is 1. The minimum atomic E-state index is -0.324. The lowest BCUT2D eigenvalue weighted by atomic mass is 10.2. The lowest BCUT2D eigenvalue weighted by Gasteiger charge is -2.08. The van der Waals surface area contributed by atoms with Crippen molar-refractivity contribution < 1.29 is 14.3 Å². The van der Waals surface area contributed by atoms with Crippen molar-refractivity contribution in [3.63, 3.8) is 0 Å². The number of amides is 2. The molecule has 2 heterocycles. The van der Waals surface area contributed by atoms with E-state index in [1.807, 2.05) is 19.9 Å². The first-order chi connectivity index (χ1) is 10.5. The van der Waals surface area contributed by atoms with Gasteiger partial charge in [0, 0.05) is 25.0 Å². The van der Waals surface area contributed by atoms with Gasteiger partial charge < -0.3 is 9.30 Å². The van der Waals surface area contributed by atoms with Gasteiger partial charge in [0.2, 0.25) is 0 Å². The van der Waals surface area contributed by atoms with Gasteiger partial charge in [0.15, 0.2) is 0 Å². The number of carbonyl (C=O) groups is 2. The number of ether oxygens (including phenoxy) is 1. The number of hydrogen-bond donors (Lipinski definition) is 0. The molecule has 1 saturated heterocycles. The number of nitrogens with zero attached hydrogens (tertiary/aromatic N) is 2. The van der Waals surface area contributed by atoms with Gasteiger partial charge in [0.1, 0.15) is 0 Å². The van der Waals surface area contributed by atoms with E-state index in [9.17, 15) is 9.59 Å². The molecule has 1 fully saturated rings. The Hall–Kier alpha value is -1.97. The van der Waals surface area contributed by atoms with Crippen LogP contribution in [0.5, 0.6) is 0 Å². The average molecular weight is 318 g/mol. The first kappa shape index (κ1) is 16.4. The van der Waals surface area contributed by atoms with Gasteiger partial charge in [-0.15, -0.1) is 6.42 Å². The smallest absolute Gasteiger partial charge is 0.294 e. The molecule has 0 unspecified atom stereocenters. The number of methoxy groups -OCH3 is 1. The number of hydrogen-bond acceptors (Lipinski definition) is 4. The molecule has 0 saturated carbocycles. The molecule has 1 aromatic heterocycles. The van der Waals surface area contributed by atoms with Crippen LogP contribution in [0.25, 0.3) is 6.08 Å². The summed E-state index contributed by atoms with van der Waals surface area (Å²) in [6, 6.07) is 2.00. The highest BCUT2D eigenvalue weighted by Gasteiger charge is 2.34. The van der Waals surface area contributed by atoms with Crippen molar-refractivity contribution in [2.75, 3.05) is 20.3 Å². The van der Waals surface area contributed by atoms with E-state index in [4.69, 9.17) is 11.2 Å². The third-order valence-electron chi connectivity index (χ3n) is 3.54. The van der Waals surface area contributed by atoms with Crippen molar-refractivity contribution in [3.05, 3.63) is 27.9 Å². The molecular weight excluding hydrogens is 300 g/mol. The van der Waals surface area contributed by atoms with E-state index in [1.54, 1.807) is 13.2 Å². The summed E-state index contributed by atoms with van der Waals surface area (Å²) in [6.45, 7) is 5.37. The quantitative estimate of drug-likeness (QED) is 0.618. The second-order valence-electron chi connectivity index (χ2n) is 4.94. The zero-order valence-corrected chi connectivity index (χ0v) is 13.7. The van der Waals surface area contributed by atoms with Gasteiger partial charge in [-0.25, -0.2) is 0 Å². The topological polar surface area (TPSA) is 51.5 Å². The van der Waals surface area contributed by atoms with Crippen LogP contribution in [0.2, 0.25) is 0 Å². The van der Waals surface area contributed by atoms with Crippen LogP contribution in [0.15, 0.2) is 11.0 Å². The molecule has 2 rings (SSSR count). The van der Waals surface area contributed by atoms with Gasteiger partial charge in [-0.3, -0.25) is 14.5 Å². The average Bonchev–Trinajstić information content (AvgIpc) is 2.89. The van der Waals surface area contributed by atoms with Crippen LogP contribution in [0.3, 0.4) is 0 Å². The van der Waals surface area contributed by atoms with Crippen LogP contribution in [0, 0.1) is 26.2 Å². The van der Waals surface area contributed by atoms with Crippen molar-refractivity contribution in [2.45, 2.75) is 20.4 Å². The highest BCUT2D eigenvalue weighted by atomic mass is 32.2. The van der Waals surface area contributed by atoms with Crippen LogP contribution in [-0.4, -0.2) is 40.9 Å². The Balaban J connectivity index is 2.29. The number of rotatable bonds is 5. The Morgan fingerprint density at radius 1 is 1.41 bits per heavy atom. The number of thioether (sulfide) groups is 1. The fourth-order valence-corrected chi connectivity index (χ4v) is 3.20. The zero-order chi connectivity index (χ0) is 16.3. The molecule has 0 bridgehead atoms. The van der Waals surface area contributed by atoms with Crippen molar-refractivity contribution in [3.8, 4) is 12.3 Å². The van der Waals surface area contributed by atoms with Crippen LogP contribution in [-0.2, 0) is 16.1 Å². The fourth-order valence-electron chi connectivity index (χ4n) is 2.37. The van der Waals surface area contributed by atoms with Crippen molar-refractivity contribution in [1.29, 1.82) is 0 Å². The minimum absolute atomic E-state index is 0.00880. The summed E-state index contributed by atoms with van der Waals surface area (Å²) >= 11 is 0.927. The highest BCUT2D eigenvalue weighted by molar-refractivity contribution is 8.18. The summed E-state index contributed by atoms with van der Waals surface area (Å²) in [5.74, 6) is 2.00. The standard InChI is InChI=1S/C16H18N2O3S/c1-5-6-18-15(19)14(22-16(18)20)10-13-9-11(2)17(12(13)3)7-8-21-4/h1,9-10H,6-8H2,2-4H3/b14-10+. The van der Waals surface area contributed by atoms with Gasteiger partial charge in [-0.05, 0) is 43.3 Å². The Labute approximate surface area is 134 Å². The predicted octanol–water partition coefficient (Wildman–Crippen LogP) is 2.42. The van der Waals surface area contributed by atoms with Crippen molar-refractivity contribution in [2.24, 2.45) is 0 Å². The summed E-state index contributed by atoms with van der Waals surface area (Å²) in [6.07, 6.45) is 6.94. The molecule has 0 aromatic carbocycles. The maximum atomic E-state index is 12.2. The zero-order valence-electron chi connectivity index (χ0n) is 12.9. The SMILES string of the molecule is C#CCN1C(=O)S/C(=C/c2cc(C)n(CCOC)c2C)C1=O. The monoisotopic (exact) mass is 318 g/mol. The van der Waals surface area contributed by atoms with Crippen LogP contribution in [0.1, 0.15) is 17.0 Å². The van der Waals surface area contributed by atoms with Crippen molar-refractivity contribution in [1.82, 2.24) is 9.47 Å². The van der Waals surface area contributed by atoms with E-state index >= 15 is 0 Å². The van der Waals surface area contributed by atoms with E-state index in [1.165, 1.54) is 0 Å². The summed E-state index contributed by atoms with van der Waals surface area (Å²) in [5.41, 5.74) is 3.06. The molecule has 0 atom stereocenters. The Kier molecular flexibility index (Phi) is 5.11. The normalized spacial score (nSPS) is 16.6. The third kappa shape index (κ3) is 3.11. The number of carbonyl (C=O) groups excluding carboxylic acids is 2. The summed E-state index contributed by atoms with van der Waals surface area (Å²) in [4.78, 5) is 25.5. The van der Waals surface area contributed by atoms with E-state index in [0.29, 0.717) is 11.5 Å². The van der Waals surface area contributed by atoms with E-state index in [2.05, 4.69) is 10.5 Å².